The van der Waals surface area contributed by atoms with Crippen molar-refractivity contribution in [3.8, 4) is 0 Å². The summed E-state index contributed by atoms with van der Waals surface area (Å²) in [7, 11) is 1.28. The van der Waals surface area contributed by atoms with E-state index in [2.05, 4.69) is 5.32 Å². The Bertz CT molecular complexity index is 387. The molecule has 0 saturated carbocycles. The molecule has 0 heterocycles. The van der Waals surface area contributed by atoms with Gasteiger partial charge in [0.2, 0.25) is 0 Å². The number of nitrogens with one attached hydrogen (secondary N) is 2. The molecule has 1 rings (SSSR count). The first-order valence-corrected chi connectivity index (χ1v) is 4.03. The number of hydrogen-bond acceptors (Lipinski definition) is 2. The van der Waals surface area contributed by atoms with Crippen LogP contribution in [0.4, 0.5) is 13.6 Å². The average molecular weight is 214 g/mol. The second kappa shape index (κ2) is 4.50. The molecule has 6 heteroatoms. The van der Waals surface area contributed by atoms with Gasteiger partial charge in [-0.2, -0.15) is 0 Å². The maximum absolute atomic E-state index is 13.0. The van der Waals surface area contributed by atoms with Crippen molar-refractivity contribution in [3.63, 3.8) is 0 Å². The van der Waals surface area contributed by atoms with E-state index in [1.165, 1.54) is 7.05 Å². The number of urea groups is 1. The van der Waals surface area contributed by atoms with Gasteiger partial charge >= 0.3 is 6.03 Å². The number of amides is 3. The Kier molecular flexibility index (Phi) is 3.33. The predicted molar refractivity (Wildman–Crippen MR) is 48.3 cm³/mol. The fourth-order valence-electron chi connectivity index (χ4n) is 0.943. The van der Waals surface area contributed by atoms with E-state index in [9.17, 15) is 18.4 Å². The maximum Gasteiger partial charge on any atom is 0.321 e. The summed E-state index contributed by atoms with van der Waals surface area (Å²) in [5, 5.41) is 3.85. The molecule has 1 aromatic rings. The molecule has 0 fully saturated rings. The van der Waals surface area contributed by atoms with Gasteiger partial charge in [0.25, 0.3) is 5.91 Å². The summed E-state index contributed by atoms with van der Waals surface area (Å²) in [6, 6.07) is 2.16. The number of carbonyl (C=O) groups excluding carboxylic acids is 2. The Balaban J connectivity index is 2.96. The van der Waals surface area contributed by atoms with Gasteiger partial charge in [-0.1, -0.05) is 6.07 Å². The van der Waals surface area contributed by atoms with Gasteiger partial charge in [-0.05, 0) is 12.1 Å². The fourth-order valence-corrected chi connectivity index (χ4v) is 0.943. The summed E-state index contributed by atoms with van der Waals surface area (Å²) in [6.45, 7) is 0. The Labute approximate surface area is 84.3 Å². The zero-order valence-electron chi connectivity index (χ0n) is 7.80. The van der Waals surface area contributed by atoms with Gasteiger partial charge in [0, 0.05) is 7.05 Å². The zero-order valence-corrected chi connectivity index (χ0v) is 7.80. The lowest BCUT2D eigenvalue weighted by Gasteiger charge is -2.04. The first kappa shape index (κ1) is 11.1. The van der Waals surface area contributed by atoms with Crippen LogP contribution in [0, 0.1) is 11.6 Å². The first-order chi connectivity index (χ1) is 7.06. The smallest absolute Gasteiger partial charge is 0.321 e. The lowest BCUT2D eigenvalue weighted by atomic mass is 10.2. The molecule has 0 aliphatic heterocycles. The number of hydrogen-bond donors (Lipinski definition) is 2. The van der Waals surface area contributed by atoms with Crippen LogP contribution in [0.5, 0.6) is 0 Å². The van der Waals surface area contributed by atoms with Crippen molar-refractivity contribution in [2.75, 3.05) is 7.05 Å². The Morgan fingerprint density at radius 2 is 1.73 bits per heavy atom. The monoisotopic (exact) mass is 214 g/mol. The first-order valence-electron chi connectivity index (χ1n) is 4.03. The minimum absolute atomic E-state index is 0.777. The van der Waals surface area contributed by atoms with Crippen molar-refractivity contribution in [2.24, 2.45) is 0 Å². The molecule has 0 bridgehead atoms. The highest BCUT2D eigenvalue weighted by molar-refractivity contribution is 6.04. The molecular formula is C9H8F2N2O2. The fraction of sp³-hybridized carbons (Fsp3) is 0.111. The molecule has 0 aliphatic rings. The number of imide groups is 1. The standard InChI is InChI=1S/C9H8F2N2O2/c1-12-9(15)13-8(14)7-5(10)3-2-4-6(7)11/h2-4H,1H3,(H2,12,13,14,15). The summed E-state index contributed by atoms with van der Waals surface area (Å²) < 4.78 is 26.0. The third kappa shape index (κ3) is 2.49. The van der Waals surface area contributed by atoms with Gasteiger partial charge in [-0.3, -0.25) is 10.1 Å². The molecule has 0 unspecified atom stereocenters. The van der Waals surface area contributed by atoms with Gasteiger partial charge in [-0.25, -0.2) is 13.6 Å². The van der Waals surface area contributed by atoms with E-state index in [0.29, 0.717) is 0 Å². The van der Waals surface area contributed by atoms with E-state index in [1.54, 1.807) is 5.32 Å². The predicted octanol–water partition coefficient (Wildman–Crippen LogP) is 1.03. The van der Waals surface area contributed by atoms with Crippen LogP contribution in [0.3, 0.4) is 0 Å². The quantitative estimate of drug-likeness (QED) is 0.733. The normalized spacial score (nSPS) is 9.53. The average Bonchev–Trinajstić information content (AvgIpc) is 2.17. The van der Waals surface area contributed by atoms with E-state index < -0.39 is 29.1 Å². The third-order valence-electron chi connectivity index (χ3n) is 1.64. The molecule has 0 saturated heterocycles. The van der Waals surface area contributed by atoms with E-state index in [4.69, 9.17) is 0 Å². The summed E-state index contributed by atoms with van der Waals surface area (Å²) >= 11 is 0. The van der Waals surface area contributed by atoms with Crippen LogP contribution < -0.4 is 10.6 Å². The third-order valence-corrected chi connectivity index (χ3v) is 1.64. The van der Waals surface area contributed by atoms with Crippen molar-refractivity contribution in [3.05, 3.63) is 35.4 Å². The van der Waals surface area contributed by atoms with Crippen molar-refractivity contribution in [1.29, 1.82) is 0 Å². The summed E-state index contributed by atoms with van der Waals surface area (Å²) in [5.74, 6) is -3.15. The lowest BCUT2D eigenvalue weighted by Crippen LogP contribution is -2.38. The van der Waals surface area contributed by atoms with Crippen molar-refractivity contribution >= 4 is 11.9 Å². The van der Waals surface area contributed by atoms with Crippen molar-refractivity contribution in [2.45, 2.75) is 0 Å². The summed E-state index contributed by atoms with van der Waals surface area (Å²) in [6.07, 6.45) is 0. The van der Waals surface area contributed by atoms with Crippen molar-refractivity contribution in [1.82, 2.24) is 10.6 Å². The number of halogens is 2. The highest BCUT2D eigenvalue weighted by Gasteiger charge is 2.18. The zero-order chi connectivity index (χ0) is 11.4. The highest BCUT2D eigenvalue weighted by atomic mass is 19.1. The summed E-state index contributed by atoms with van der Waals surface area (Å²) in [4.78, 5) is 21.9. The van der Waals surface area contributed by atoms with Crippen LogP contribution in [-0.4, -0.2) is 19.0 Å². The van der Waals surface area contributed by atoms with E-state index in [0.717, 1.165) is 18.2 Å². The number of rotatable bonds is 1. The van der Waals surface area contributed by atoms with Crippen molar-refractivity contribution < 1.29 is 18.4 Å². The van der Waals surface area contributed by atoms with Gasteiger partial charge in [-0.15, -0.1) is 0 Å². The molecule has 0 aliphatic carbocycles. The lowest BCUT2D eigenvalue weighted by molar-refractivity contribution is 0.0956. The molecule has 15 heavy (non-hydrogen) atoms. The van der Waals surface area contributed by atoms with Crippen LogP contribution in [0.15, 0.2) is 18.2 Å². The topological polar surface area (TPSA) is 58.2 Å². The largest absolute Gasteiger partial charge is 0.341 e. The molecule has 4 nitrogen and oxygen atoms in total. The van der Waals surface area contributed by atoms with Gasteiger partial charge in [0.05, 0.1) is 0 Å². The second-order valence-electron chi connectivity index (χ2n) is 2.63. The number of carbonyl (C=O) groups is 2. The van der Waals surface area contributed by atoms with E-state index in [1.807, 2.05) is 0 Å². The van der Waals surface area contributed by atoms with Gasteiger partial charge < -0.3 is 5.32 Å². The molecule has 0 atom stereocenters. The molecule has 80 valence electrons. The Hall–Kier alpha value is -1.98. The van der Waals surface area contributed by atoms with Gasteiger partial charge in [0.1, 0.15) is 17.2 Å². The molecule has 1 aromatic carbocycles. The van der Waals surface area contributed by atoms with Crippen LogP contribution in [-0.2, 0) is 0 Å². The molecule has 2 N–H and O–H groups in total. The maximum atomic E-state index is 13.0. The van der Waals surface area contributed by atoms with Crippen LogP contribution in [0.1, 0.15) is 10.4 Å². The van der Waals surface area contributed by atoms with E-state index >= 15 is 0 Å². The molecular weight excluding hydrogens is 206 g/mol. The SMILES string of the molecule is CNC(=O)NC(=O)c1c(F)cccc1F. The minimum atomic E-state index is -1.12. The van der Waals surface area contributed by atoms with Crippen LogP contribution in [0.25, 0.3) is 0 Å². The molecule has 0 radical (unpaired) electrons. The molecule has 3 amide bonds. The van der Waals surface area contributed by atoms with E-state index in [-0.39, 0.29) is 0 Å². The Morgan fingerprint density at radius 3 is 2.20 bits per heavy atom. The second-order valence-corrected chi connectivity index (χ2v) is 2.63. The van der Waals surface area contributed by atoms with Crippen LogP contribution >= 0.6 is 0 Å². The summed E-state index contributed by atoms with van der Waals surface area (Å²) in [5.41, 5.74) is -0.777. The number of benzene rings is 1. The van der Waals surface area contributed by atoms with Crippen LogP contribution in [0.2, 0.25) is 0 Å². The Morgan fingerprint density at radius 1 is 1.20 bits per heavy atom. The van der Waals surface area contributed by atoms with Gasteiger partial charge in [0.15, 0.2) is 0 Å². The molecule has 0 spiro atoms. The minimum Gasteiger partial charge on any atom is -0.341 e. The highest BCUT2D eigenvalue weighted by Crippen LogP contribution is 2.11. The molecule has 0 aromatic heterocycles.